The van der Waals surface area contributed by atoms with E-state index in [1.807, 2.05) is 32.9 Å². The second-order valence-electron chi connectivity index (χ2n) is 7.98. The van der Waals surface area contributed by atoms with Crippen LogP contribution in [0.3, 0.4) is 0 Å². The van der Waals surface area contributed by atoms with Crippen LogP contribution in [0.2, 0.25) is 0 Å². The molecule has 6 heteroatoms. The number of amides is 1. The van der Waals surface area contributed by atoms with Crippen LogP contribution in [0.25, 0.3) is 21.8 Å². The molecule has 1 aliphatic carbocycles. The number of halogens is 1. The SMILES string of the molecule is CC(C)(C)OC(=O)NC1(c2nc3c(ccc4cc(Br)ccc43)[nH]2)CCC1. The lowest BCUT2D eigenvalue weighted by Gasteiger charge is -2.40. The van der Waals surface area contributed by atoms with Gasteiger partial charge in [0.15, 0.2) is 0 Å². The van der Waals surface area contributed by atoms with Crippen LogP contribution >= 0.6 is 15.9 Å². The summed E-state index contributed by atoms with van der Waals surface area (Å²) in [7, 11) is 0. The van der Waals surface area contributed by atoms with Gasteiger partial charge >= 0.3 is 6.09 Å². The number of aromatic amines is 1. The van der Waals surface area contributed by atoms with Gasteiger partial charge in [-0.2, -0.15) is 0 Å². The van der Waals surface area contributed by atoms with E-state index in [0.717, 1.165) is 51.4 Å². The molecule has 0 bridgehead atoms. The standard InChI is InChI=1S/C20H22BrN3O2/c1-19(2,3)26-18(25)24-20(9-4-10-20)17-22-15-8-5-12-11-13(21)6-7-14(12)16(15)23-17/h5-8,11H,4,9-10H2,1-3H3,(H,22,23)(H,24,25). The van der Waals surface area contributed by atoms with E-state index in [9.17, 15) is 4.79 Å². The number of aromatic nitrogens is 2. The van der Waals surface area contributed by atoms with Gasteiger partial charge in [-0.1, -0.05) is 28.1 Å². The summed E-state index contributed by atoms with van der Waals surface area (Å²) in [4.78, 5) is 20.6. The van der Waals surface area contributed by atoms with Crippen molar-refractivity contribution in [3.05, 3.63) is 40.6 Å². The number of hydrogen-bond acceptors (Lipinski definition) is 3. The summed E-state index contributed by atoms with van der Waals surface area (Å²) in [6, 6.07) is 10.3. The number of imidazole rings is 1. The highest BCUT2D eigenvalue weighted by molar-refractivity contribution is 9.10. The predicted octanol–water partition coefficient (Wildman–Crippen LogP) is 5.38. The van der Waals surface area contributed by atoms with Crippen molar-refractivity contribution in [3.8, 4) is 0 Å². The highest BCUT2D eigenvalue weighted by Crippen LogP contribution is 2.41. The number of fused-ring (bicyclic) bond motifs is 3. The first kappa shape index (κ1) is 17.3. The molecule has 1 heterocycles. The van der Waals surface area contributed by atoms with Crippen molar-refractivity contribution in [2.75, 3.05) is 0 Å². The molecule has 2 aromatic carbocycles. The van der Waals surface area contributed by atoms with Gasteiger partial charge in [0.25, 0.3) is 0 Å². The zero-order chi connectivity index (χ0) is 18.5. The molecule has 1 aromatic heterocycles. The van der Waals surface area contributed by atoms with Crippen LogP contribution < -0.4 is 5.32 Å². The molecule has 136 valence electrons. The normalized spacial score (nSPS) is 16.5. The summed E-state index contributed by atoms with van der Waals surface area (Å²) in [6.45, 7) is 5.60. The summed E-state index contributed by atoms with van der Waals surface area (Å²) < 4.78 is 6.49. The van der Waals surface area contributed by atoms with Gasteiger partial charge in [-0.15, -0.1) is 0 Å². The number of ether oxygens (including phenoxy) is 1. The fourth-order valence-corrected chi connectivity index (χ4v) is 3.83. The summed E-state index contributed by atoms with van der Waals surface area (Å²) in [5.41, 5.74) is 0.921. The number of alkyl carbamates (subject to hydrolysis) is 1. The molecule has 0 unspecified atom stereocenters. The summed E-state index contributed by atoms with van der Waals surface area (Å²) in [5, 5.41) is 5.29. The molecular formula is C20H22BrN3O2. The average Bonchev–Trinajstić information content (AvgIpc) is 2.93. The molecule has 0 saturated heterocycles. The lowest BCUT2D eigenvalue weighted by molar-refractivity contribution is 0.0366. The molecule has 1 aliphatic rings. The lowest BCUT2D eigenvalue weighted by Crippen LogP contribution is -2.52. The largest absolute Gasteiger partial charge is 0.444 e. The van der Waals surface area contributed by atoms with Crippen LogP contribution in [0.4, 0.5) is 4.79 Å². The Kier molecular flexibility index (Phi) is 3.99. The summed E-state index contributed by atoms with van der Waals surface area (Å²) >= 11 is 3.52. The molecule has 5 nitrogen and oxygen atoms in total. The third-order valence-electron chi connectivity index (χ3n) is 4.83. The zero-order valence-electron chi connectivity index (χ0n) is 15.1. The van der Waals surface area contributed by atoms with Crippen molar-refractivity contribution in [1.29, 1.82) is 0 Å². The predicted molar refractivity (Wildman–Crippen MR) is 106 cm³/mol. The minimum atomic E-state index is -0.521. The van der Waals surface area contributed by atoms with E-state index < -0.39 is 17.2 Å². The van der Waals surface area contributed by atoms with Crippen molar-refractivity contribution in [2.45, 2.75) is 51.2 Å². The maximum absolute atomic E-state index is 12.3. The quantitative estimate of drug-likeness (QED) is 0.589. The van der Waals surface area contributed by atoms with E-state index in [0.29, 0.717) is 0 Å². The van der Waals surface area contributed by atoms with Gasteiger partial charge < -0.3 is 15.0 Å². The molecule has 26 heavy (non-hydrogen) atoms. The topological polar surface area (TPSA) is 67.0 Å². The first-order valence-corrected chi connectivity index (χ1v) is 9.65. The van der Waals surface area contributed by atoms with Crippen molar-refractivity contribution >= 4 is 43.8 Å². The van der Waals surface area contributed by atoms with Gasteiger partial charge in [0.1, 0.15) is 17.0 Å². The Morgan fingerprint density at radius 2 is 2.04 bits per heavy atom. The molecule has 1 fully saturated rings. The third-order valence-corrected chi connectivity index (χ3v) is 5.32. The Hall–Kier alpha value is -2.08. The second-order valence-corrected chi connectivity index (χ2v) is 8.89. The van der Waals surface area contributed by atoms with E-state index in [1.165, 1.54) is 0 Å². The first-order chi connectivity index (χ1) is 12.3. The van der Waals surface area contributed by atoms with Crippen LogP contribution in [0.5, 0.6) is 0 Å². The van der Waals surface area contributed by atoms with Gasteiger partial charge in [0.2, 0.25) is 0 Å². The Balaban J connectivity index is 1.72. The minimum Gasteiger partial charge on any atom is -0.444 e. The zero-order valence-corrected chi connectivity index (χ0v) is 16.7. The average molecular weight is 416 g/mol. The van der Waals surface area contributed by atoms with Gasteiger partial charge in [-0.25, -0.2) is 9.78 Å². The highest BCUT2D eigenvalue weighted by Gasteiger charge is 2.43. The Morgan fingerprint density at radius 3 is 2.69 bits per heavy atom. The van der Waals surface area contributed by atoms with Gasteiger partial charge in [-0.3, -0.25) is 0 Å². The second kappa shape index (κ2) is 5.98. The fraction of sp³-hybridized carbons (Fsp3) is 0.400. The van der Waals surface area contributed by atoms with Crippen LogP contribution in [-0.2, 0) is 10.3 Å². The maximum atomic E-state index is 12.3. The summed E-state index contributed by atoms with van der Waals surface area (Å²) in [6.07, 6.45) is 2.37. The monoisotopic (exact) mass is 415 g/mol. The lowest BCUT2D eigenvalue weighted by atomic mass is 9.76. The first-order valence-electron chi connectivity index (χ1n) is 8.85. The van der Waals surface area contributed by atoms with Crippen molar-refractivity contribution in [2.24, 2.45) is 0 Å². The van der Waals surface area contributed by atoms with Crippen molar-refractivity contribution in [1.82, 2.24) is 15.3 Å². The molecule has 0 radical (unpaired) electrons. The molecule has 1 amide bonds. The molecule has 0 spiro atoms. The maximum Gasteiger partial charge on any atom is 0.408 e. The molecule has 4 rings (SSSR count). The molecule has 3 aromatic rings. The van der Waals surface area contributed by atoms with Gasteiger partial charge in [-0.05, 0) is 63.6 Å². The summed E-state index contributed by atoms with van der Waals surface area (Å²) in [5.74, 6) is 0.806. The molecular weight excluding hydrogens is 394 g/mol. The number of H-pyrrole nitrogens is 1. The Labute approximate surface area is 160 Å². The van der Waals surface area contributed by atoms with Crippen molar-refractivity contribution in [3.63, 3.8) is 0 Å². The third kappa shape index (κ3) is 3.07. The van der Waals surface area contributed by atoms with Crippen LogP contribution in [0.1, 0.15) is 45.9 Å². The van der Waals surface area contributed by atoms with Crippen LogP contribution in [0, 0.1) is 0 Å². The smallest absolute Gasteiger partial charge is 0.408 e. The van der Waals surface area contributed by atoms with E-state index in [1.54, 1.807) is 0 Å². The van der Waals surface area contributed by atoms with Crippen LogP contribution in [-0.4, -0.2) is 21.7 Å². The number of carbonyl (C=O) groups is 1. The van der Waals surface area contributed by atoms with Crippen molar-refractivity contribution < 1.29 is 9.53 Å². The molecule has 1 saturated carbocycles. The molecule has 0 atom stereocenters. The van der Waals surface area contributed by atoms with Gasteiger partial charge in [0.05, 0.1) is 11.0 Å². The van der Waals surface area contributed by atoms with Gasteiger partial charge in [0, 0.05) is 9.86 Å². The number of benzene rings is 2. The number of hydrogen-bond donors (Lipinski definition) is 2. The number of nitrogens with zero attached hydrogens (tertiary/aromatic N) is 1. The Morgan fingerprint density at radius 1 is 1.27 bits per heavy atom. The van der Waals surface area contributed by atoms with Crippen LogP contribution in [0.15, 0.2) is 34.8 Å². The fourth-order valence-electron chi connectivity index (χ4n) is 3.45. The molecule has 0 aliphatic heterocycles. The van der Waals surface area contributed by atoms with E-state index in [4.69, 9.17) is 9.72 Å². The minimum absolute atomic E-state index is 0.397. The highest BCUT2D eigenvalue weighted by atomic mass is 79.9. The van der Waals surface area contributed by atoms with E-state index in [-0.39, 0.29) is 0 Å². The van der Waals surface area contributed by atoms with E-state index in [2.05, 4.69) is 44.4 Å². The number of rotatable bonds is 2. The van der Waals surface area contributed by atoms with E-state index >= 15 is 0 Å². The number of nitrogens with one attached hydrogen (secondary N) is 2. The Bertz CT molecular complexity index is 999. The molecule has 2 N–H and O–H groups in total. The number of carbonyl (C=O) groups excluding carboxylic acids is 1.